The number of rotatable bonds is 14. The number of esters is 1. The van der Waals surface area contributed by atoms with Crippen LogP contribution in [0.2, 0.25) is 0 Å². The number of hydrogen-bond donors (Lipinski definition) is 0. The highest BCUT2D eigenvalue weighted by Crippen LogP contribution is 2.45. The molecule has 35 heavy (non-hydrogen) atoms. The summed E-state index contributed by atoms with van der Waals surface area (Å²) in [5.41, 5.74) is 2.35. The van der Waals surface area contributed by atoms with Gasteiger partial charge in [-0.25, -0.2) is 0 Å². The van der Waals surface area contributed by atoms with E-state index in [1.807, 2.05) is 36.4 Å². The van der Waals surface area contributed by atoms with Crippen LogP contribution in [-0.2, 0) is 41.7 Å². The minimum atomic E-state index is -0.875. The van der Waals surface area contributed by atoms with Crippen molar-refractivity contribution in [3.63, 3.8) is 0 Å². The Hall–Kier alpha value is -2.25. The quantitative estimate of drug-likeness (QED) is 0.259. The third-order valence-corrected chi connectivity index (χ3v) is 6.85. The zero-order chi connectivity index (χ0) is 24.3. The molecular formula is C29H38O6. The lowest BCUT2D eigenvalue weighted by Crippen LogP contribution is -2.44. The van der Waals surface area contributed by atoms with Crippen LogP contribution in [0.4, 0.5) is 0 Å². The number of methoxy groups -OCH3 is 1. The number of unbranched alkanes of at least 4 members (excludes halogenated alkanes) is 3. The molecule has 2 saturated heterocycles. The van der Waals surface area contributed by atoms with Gasteiger partial charge in [-0.3, -0.25) is 4.79 Å². The predicted octanol–water partition coefficient (Wildman–Crippen LogP) is 5.58. The minimum absolute atomic E-state index is 0.0418. The Bertz CT molecular complexity index is 889. The lowest BCUT2D eigenvalue weighted by atomic mass is 9.95. The van der Waals surface area contributed by atoms with Gasteiger partial charge in [0.05, 0.1) is 39.0 Å². The lowest BCUT2D eigenvalue weighted by Gasteiger charge is -2.35. The average Bonchev–Trinajstić information content (AvgIpc) is 3.18. The molecule has 2 heterocycles. The molecule has 0 radical (unpaired) electrons. The monoisotopic (exact) mass is 482 g/mol. The van der Waals surface area contributed by atoms with E-state index < -0.39 is 5.79 Å². The number of benzene rings is 2. The first-order valence-electron chi connectivity index (χ1n) is 12.9. The van der Waals surface area contributed by atoms with Crippen molar-refractivity contribution in [2.45, 2.75) is 88.7 Å². The molecule has 2 aromatic carbocycles. The second-order valence-electron chi connectivity index (χ2n) is 9.52. The van der Waals surface area contributed by atoms with Gasteiger partial charge in [-0.15, -0.1) is 0 Å². The average molecular weight is 483 g/mol. The van der Waals surface area contributed by atoms with Crippen molar-refractivity contribution in [1.82, 2.24) is 0 Å². The van der Waals surface area contributed by atoms with E-state index >= 15 is 0 Å². The maximum Gasteiger partial charge on any atom is 0.310 e. The number of carbonyl (C=O) groups is 1. The van der Waals surface area contributed by atoms with Gasteiger partial charge >= 0.3 is 5.97 Å². The molecular weight excluding hydrogens is 444 g/mol. The van der Waals surface area contributed by atoms with Crippen LogP contribution >= 0.6 is 0 Å². The predicted molar refractivity (Wildman–Crippen MR) is 133 cm³/mol. The number of hydrogen-bond acceptors (Lipinski definition) is 6. The molecule has 0 spiro atoms. The summed E-state index contributed by atoms with van der Waals surface area (Å²) >= 11 is 0. The third-order valence-electron chi connectivity index (χ3n) is 6.85. The zero-order valence-electron chi connectivity index (χ0n) is 20.7. The van der Waals surface area contributed by atoms with Gasteiger partial charge in [0, 0.05) is 13.0 Å². The maximum absolute atomic E-state index is 12.0. The summed E-state index contributed by atoms with van der Waals surface area (Å²) in [7, 11) is 1.40. The molecule has 4 atom stereocenters. The van der Waals surface area contributed by atoms with Gasteiger partial charge in [-0.05, 0) is 30.4 Å². The van der Waals surface area contributed by atoms with Crippen LogP contribution in [0.25, 0.3) is 0 Å². The van der Waals surface area contributed by atoms with Crippen LogP contribution in [0, 0.1) is 0 Å². The summed E-state index contributed by atoms with van der Waals surface area (Å²) in [6.07, 6.45) is 6.51. The van der Waals surface area contributed by atoms with Crippen molar-refractivity contribution < 1.29 is 28.5 Å². The summed E-state index contributed by atoms with van der Waals surface area (Å²) in [4.78, 5) is 12.0. The Morgan fingerprint density at radius 2 is 1.60 bits per heavy atom. The number of carbonyl (C=O) groups excluding carboxylic acids is 1. The Balaban J connectivity index is 1.21. The molecule has 4 rings (SSSR count). The van der Waals surface area contributed by atoms with Gasteiger partial charge in [0.2, 0.25) is 0 Å². The first kappa shape index (κ1) is 25.8. The smallest absolute Gasteiger partial charge is 0.310 e. The molecule has 0 saturated carbocycles. The third kappa shape index (κ3) is 7.61. The highest BCUT2D eigenvalue weighted by molar-refractivity contribution is 5.70. The van der Waals surface area contributed by atoms with Crippen LogP contribution in [0.1, 0.15) is 62.5 Å². The molecule has 2 aliphatic heterocycles. The molecule has 2 bridgehead atoms. The van der Waals surface area contributed by atoms with Gasteiger partial charge < -0.3 is 23.7 Å². The zero-order valence-corrected chi connectivity index (χ0v) is 20.7. The summed E-state index contributed by atoms with van der Waals surface area (Å²) in [5.74, 6) is -1.18. The molecule has 190 valence electrons. The van der Waals surface area contributed by atoms with Gasteiger partial charge in [0.1, 0.15) is 6.10 Å². The molecule has 6 nitrogen and oxygen atoms in total. The summed E-state index contributed by atoms with van der Waals surface area (Å²) in [5, 5.41) is 0. The number of ether oxygens (including phenoxy) is 5. The molecule has 0 aliphatic carbocycles. The topological polar surface area (TPSA) is 63.2 Å². The van der Waals surface area contributed by atoms with Crippen molar-refractivity contribution in [2.24, 2.45) is 0 Å². The molecule has 2 fully saturated rings. The fourth-order valence-corrected chi connectivity index (χ4v) is 4.96. The van der Waals surface area contributed by atoms with E-state index in [0.29, 0.717) is 19.6 Å². The van der Waals surface area contributed by atoms with E-state index in [1.165, 1.54) is 12.7 Å². The molecule has 0 unspecified atom stereocenters. The fourth-order valence-electron chi connectivity index (χ4n) is 4.96. The second-order valence-corrected chi connectivity index (χ2v) is 9.52. The van der Waals surface area contributed by atoms with Crippen LogP contribution in [0.3, 0.4) is 0 Å². The molecule has 0 amide bonds. The van der Waals surface area contributed by atoms with Gasteiger partial charge in [0.15, 0.2) is 5.79 Å². The van der Waals surface area contributed by atoms with Crippen LogP contribution in [-0.4, -0.2) is 43.8 Å². The molecule has 2 aliphatic rings. The van der Waals surface area contributed by atoms with Crippen molar-refractivity contribution in [3.05, 3.63) is 71.8 Å². The van der Waals surface area contributed by atoms with Gasteiger partial charge in [-0.2, -0.15) is 0 Å². The molecule has 0 aromatic heterocycles. The van der Waals surface area contributed by atoms with E-state index in [-0.39, 0.29) is 30.7 Å². The first-order chi connectivity index (χ1) is 17.2. The van der Waals surface area contributed by atoms with Gasteiger partial charge in [0.25, 0.3) is 0 Å². The van der Waals surface area contributed by atoms with Crippen molar-refractivity contribution >= 4 is 5.97 Å². The highest BCUT2D eigenvalue weighted by Gasteiger charge is 2.55. The van der Waals surface area contributed by atoms with Crippen LogP contribution in [0.5, 0.6) is 0 Å². The second kappa shape index (κ2) is 13.2. The lowest BCUT2D eigenvalue weighted by molar-refractivity contribution is -0.224. The van der Waals surface area contributed by atoms with E-state index in [2.05, 4.69) is 24.3 Å². The van der Waals surface area contributed by atoms with Crippen LogP contribution < -0.4 is 0 Å². The van der Waals surface area contributed by atoms with Crippen molar-refractivity contribution in [3.8, 4) is 0 Å². The Morgan fingerprint density at radius 3 is 2.31 bits per heavy atom. The van der Waals surface area contributed by atoms with Crippen molar-refractivity contribution in [2.75, 3.05) is 13.7 Å². The SMILES string of the molecule is COC(=O)C[C@]12CC[C@@H](OCc3ccccc3)[C@@H](O1)[C@@H](CCCCCCOCc1ccccc1)O2. The molecule has 0 N–H and O–H groups in total. The summed E-state index contributed by atoms with van der Waals surface area (Å²) in [6.45, 7) is 1.99. The number of fused-ring (bicyclic) bond motifs is 2. The Labute approximate surface area is 208 Å². The van der Waals surface area contributed by atoms with E-state index in [0.717, 1.165) is 50.7 Å². The Kier molecular flexibility index (Phi) is 9.72. The molecule has 6 heteroatoms. The maximum atomic E-state index is 12.0. The largest absolute Gasteiger partial charge is 0.469 e. The minimum Gasteiger partial charge on any atom is -0.469 e. The van der Waals surface area contributed by atoms with E-state index in [9.17, 15) is 4.79 Å². The molecule has 2 aromatic rings. The summed E-state index contributed by atoms with van der Waals surface area (Å²) in [6, 6.07) is 20.4. The van der Waals surface area contributed by atoms with Crippen LogP contribution in [0.15, 0.2) is 60.7 Å². The van der Waals surface area contributed by atoms with Crippen molar-refractivity contribution in [1.29, 1.82) is 0 Å². The Morgan fingerprint density at radius 1 is 0.914 bits per heavy atom. The first-order valence-corrected chi connectivity index (χ1v) is 12.9. The summed E-state index contributed by atoms with van der Waals surface area (Å²) < 4.78 is 29.7. The fraction of sp³-hybridized carbons (Fsp3) is 0.552. The van der Waals surface area contributed by atoms with E-state index in [4.69, 9.17) is 23.7 Å². The standard InChI is InChI=1S/C29H38O6/c1-31-27(30)20-29-18-17-25(33-22-24-14-8-5-9-15-24)28(35-29)26(34-29)16-10-2-3-11-19-32-21-23-12-6-4-7-13-23/h4-9,12-15,25-26,28H,2-3,10-11,16-22H2,1H3/t25-,26-,28-,29+/m1/s1. The highest BCUT2D eigenvalue weighted by atomic mass is 16.8. The normalized spacial score (nSPS) is 25.5. The van der Waals surface area contributed by atoms with E-state index in [1.54, 1.807) is 0 Å². The van der Waals surface area contributed by atoms with Gasteiger partial charge in [-0.1, -0.05) is 79.9 Å².